The van der Waals surface area contributed by atoms with Crippen LogP contribution in [-0.4, -0.2) is 12.0 Å². The molecule has 1 aromatic carbocycles. The van der Waals surface area contributed by atoms with Gasteiger partial charge in [0.05, 0.1) is 23.3 Å². The van der Waals surface area contributed by atoms with Gasteiger partial charge in [-0.25, -0.2) is 0 Å². The first-order valence-corrected chi connectivity index (χ1v) is 7.10. The Morgan fingerprint density at radius 2 is 1.90 bits per heavy atom. The van der Waals surface area contributed by atoms with Crippen molar-refractivity contribution in [2.75, 3.05) is 16.8 Å². The monoisotopic (exact) mass is 277 g/mol. The second kappa shape index (κ2) is 5.44. The Bertz CT molecular complexity index is 673. The third-order valence-corrected chi connectivity index (χ3v) is 3.80. The summed E-state index contributed by atoms with van der Waals surface area (Å²) >= 11 is 0. The van der Waals surface area contributed by atoms with E-state index in [1.807, 2.05) is 31.5 Å². The number of pyridine rings is 1. The molecule has 3 heteroatoms. The lowest BCUT2D eigenvalue weighted by molar-refractivity contribution is 0.942. The van der Waals surface area contributed by atoms with E-state index in [1.165, 1.54) is 5.69 Å². The molecule has 106 valence electrons. The van der Waals surface area contributed by atoms with E-state index in [0.717, 1.165) is 35.7 Å². The van der Waals surface area contributed by atoms with Gasteiger partial charge in [-0.1, -0.05) is 24.8 Å². The first kappa shape index (κ1) is 13.4. The number of fused-ring (bicyclic) bond motifs is 1. The molecule has 0 radical (unpaired) electrons. The van der Waals surface area contributed by atoms with Crippen LogP contribution in [0.3, 0.4) is 0 Å². The van der Waals surface area contributed by atoms with Crippen molar-refractivity contribution in [3.05, 3.63) is 73.3 Å². The highest BCUT2D eigenvalue weighted by Gasteiger charge is 2.28. The van der Waals surface area contributed by atoms with Gasteiger partial charge in [-0.2, -0.15) is 0 Å². The van der Waals surface area contributed by atoms with Gasteiger partial charge in [0.1, 0.15) is 5.82 Å². The predicted molar refractivity (Wildman–Crippen MR) is 88.9 cm³/mol. The van der Waals surface area contributed by atoms with Crippen LogP contribution < -0.4 is 9.80 Å². The highest BCUT2D eigenvalue weighted by molar-refractivity contribution is 5.87. The van der Waals surface area contributed by atoms with Gasteiger partial charge in [0, 0.05) is 12.7 Å². The molecule has 0 atom stereocenters. The molecule has 0 amide bonds. The molecule has 0 fully saturated rings. The maximum Gasteiger partial charge on any atom is 0.110 e. The summed E-state index contributed by atoms with van der Waals surface area (Å²) in [5, 5.41) is 0. The maximum atomic E-state index is 4.54. The summed E-state index contributed by atoms with van der Waals surface area (Å²) in [7, 11) is 2.03. The predicted octanol–water partition coefficient (Wildman–Crippen LogP) is 4.26. The molecule has 1 aromatic heterocycles. The number of hydrogen-bond donors (Lipinski definition) is 0. The van der Waals surface area contributed by atoms with Crippen molar-refractivity contribution >= 4 is 17.1 Å². The smallest absolute Gasteiger partial charge is 0.110 e. The molecule has 3 nitrogen and oxygen atoms in total. The summed E-state index contributed by atoms with van der Waals surface area (Å²) in [5.41, 5.74) is 4.44. The van der Waals surface area contributed by atoms with Crippen molar-refractivity contribution in [2.45, 2.75) is 12.8 Å². The van der Waals surface area contributed by atoms with Crippen molar-refractivity contribution in [3.63, 3.8) is 0 Å². The van der Waals surface area contributed by atoms with Crippen molar-refractivity contribution in [3.8, 4) is 0 Å². The van der Waals surface area contributed by atoms with Crippen LogP contribution in [0.4, 0.5) is 17.1 Å². The minimum Gasteiger partial charge on any atom is -0.329 e. The lowest BCUT2D eigenvalue weighted by Crippen LogP contribution is -2.20. The summed E-state index contributed by atoms with van der Waals surface area (Å²) in [6, 6.07) is 12.5. The van der Waals surface area contributed by atoms with Crippen LogP contribution >= 0.6 is 0 Å². The Morgan fingerprint density at radius 3 is 2.57 bits per heavy atom. The van der Waals surface area contributed by atoms with E-state index in [4.69, 9.17) is 0 Å². The second-order valence-corrected chi connectivity index (χ2v) is 5.13. The molecule has 0 N–H and O–H groups in total. The molecular formula is C18H19N3. The van der Waals surface area contributed by atoms with E-state index in [0.29, 0.717) is 0 Å². The first-order valence-electron chi connectivity index (χ1n) is 7.10. The third-order valence-electron chi connectivity index (χ3n) is 3.80. The van der Waals surface area contributed by atoms with Gasteiger partial charge < -0.3 is 4.90 Å². The minimum absolute atomic E-state index is 0.932. The van der Waals surface area contributed by atoms with Crippen LogP contribution in [0, 0.1) is 0 Å². The molecule has 2 heterocycles. The third kappa shape index (κ3) is 2.31. The average Bonchev–Trinajstić information content (AvgIpc) is 2.78. The molecule has 3 rings (SSSR count). The van der Waals surface area contributed by atoms with Gasteiger partial charge in [-0.05, 0) is 37.1 Å². The zero-order chi connectivity index (χ0) is 14.8. The van der Waals surface area contributed by atoms with Crippen LogP contribution in [0.15, 0.2) is 67.6 Å². The van der Waals surface area contributed by atoms with Crippen molar-refractivity contribution in [1.82, 2.24) is 4.98 Å². The fraction of sp³-hybridized carbons (Fsp3) is 0.167. The molecule has 0 saturated carbocycles. The Labute approximate surface area is 125 Å². The van der Waals surface area contributed by atoms with Gasteiger partial charge in [-0.15, -0.1) is 6.58 Å². The Morgan fingerprint density at radius 1 is 1.14 bits per heavy atom. The second-order valence-electron chi connectivity index (χ2n) is 5.13. The summed E-state index contributed by atoms with van der Waals surface area (Å²) in [6.07, 6.45) is 5.72. The van der Waals surface area contributed by atoms with Gasteiger partial charge in [0.25, 0.3) is 0 Å². The zero-order valence-electron chi connectivity index (χ0n) is 12.3. The van der Waals surface area contributed by atoms with Crippen molar-refractivity contribution in [2.24, 2.45) is 0 Å². The van der Waals surface area contributed by atoms with Crippen LogP contribution in [0.5, 0.6) is 0 Å². The Hall–Kier alpha value is -2.55. The summed E-state index contributed by atoms with van der Waals surface area (Å²) in [4.78, 5) is 8.78. The number of aryl methyl sites for hydroxylation is 1. The molecule has 0 unspecified atom stereocenters. The molecule has 0 bridgehead atoms. The number of para-hydroxylation sites is 2. The quantitative estimate of drug-likeness (QED) is 0.778. The number of benzene rings is 1. The maximum absolute atomic E-state index is 4.54. The Balaban J connectivity index is 1.93. The van der Waals surface area contributed by atoms with E-state index in [2.05, 4.69) is 52.2 Å². The van der Waals surface area contributed by atoms with Gasteiger partial charge >= 0.3 is 0 Å². The normalized spacial score (nSPS) is 13.5. The molecular weight excluding hydrogens is 258 g/mol. The van der Waals surface area contributed by atoms with Gasteiger partial charge in [0.2, 0.25) is 0 Å². The topological polar surface area (TPSA) is 19.4 Å². The lowest BCUT2D eigenvalue weighted by atomic mass is 10.2. The van der Waals surface area contributed by atoms with Crippen LogP contribution in [-0.2, 0) is 6.42 Å². The average molecular weight is 277 g/mol. The van der Waals surface area contributed by atoms with Gasteiger partial charge in [0.15, 0.2) is 0 Å². The highest BCUT2D eigenvalue weighted by Crippen LogP contribution is 2.43. The minimum atomic E-state index is 0.932. The summed E-state index contributed by atoms with van der Waals surface area (Å²) in [6.45, 7) is 7.94. The summed E-state index contributed by atoms with van der Waals surface area (Å²) < 4.78 is 0. The molecule has 0 aliphatic carbocycles. The zero-order valence-corrected chi connectivity index (χ0v) is 12.3. The molecule has 1 aliphatic rings. The fourth-order valence-electron chi connectivity index (χ4n) is 2.60. The van der Waals surface area contributed by atoms with E-state index >= 15 is 0 Å². The van der Waals surface area contributed by atoms with E-state index in [1.54, 1.807) is 0 Å². The Kier molecular flexibility index (Phi) is 3.48. The van der Waals surface area contributed by atoms with Crippen LogP contribution in [0.2, 0.25) is 0 Å². The van der Waals surface area contributed by atoms with Gasteiger partial charge in [-0.3, -0.25) is 9.88 Å². The molecule has 0 spiro atoms. The first-order chi connectivity index (χ1) is 10.2. The number of allylic oxidation sites excluding steroid dienone is 1. The van der Waals surface area contributed by atoms with E-state index in [9.17, 15) is 0 Å². The van der Waals surface area contributed by atoms with Crippen LogP contribution in [0.25, 0.3) is 0 Å². The number of aromatic nitrogens is 1. The number of nitrogens with zero attached hydrogens (tertiary/aromatic N) is 3. The summed E-state index contributed by atoms with van der Waals surface area (Å²) in [5.74, 6) is 0.942. The van der Waals surface area contributed by atoms with E-state index in [-0.39, 0.29) is 0 Å². The lowest BCUT2D eigenvalue weighted by Gasteiger charge is -2.21. The largest absolute Gasteiger partial charge is 0.329 e. The van der Waals surface area contributed by atoms with Crippen LogP contribution in [0.1, 0.15) is 12.1 Å². The molecule has 21 heavy (non-hydrogen) atoms. The van der Waals surface area contributed by atoms with Crippen molar-refractivity contribution in [1.29, 1.82) is 0 Å². The number of rotatable bonds is 4. The van der Waals surface area contributed by atoms with Crippen molar-refractivity contribution < 1.29 is 0 Å². The SMILES string of the molecule is C=CCCc1ccc(N2C(=C)N(C)c3ccccc32)cn1. The highest BCUT2D eigenvalue weighted by atomic mass is 15.4. The fourth-order valence-corrected chi connectivity index (χ4v) is 2.60. The molecule has 2 aromatic rings. The van der Waals surface area contributed by atoms with E-state index < -0.39 is 0 Å². The number of anilines is 3. The standard InChI is InChI=1S/C18H19N3/c1-4-5-8-15-11-12-16(13-19-15)21-14(2)20(3)17-9-6-7-10-18(17)21/h4,6-7,9-13H,1-2,5,8H2,3H3. The molecule has 0 saturated heterocycles. The number of hydrogen-bond acceptors (Lipinski definition) is 3. The molecule has 1 aliphatic heterocycles.